The van der Waals surface area contributed by atoms with Gasteiger partial charge in [0.25, 0.3) is 0 Å². The zero-order valence-electron chi connectivity index (χ0n) is 19.1. The number of ether oxygens (including phenoxy) is 3. The Kier molecular flexibility index (Phi) is 8.79. The highest BCUT2D eigenvalue weighted by Crippen LogP contribution is 2.29. The van der Waals surface area contributed by atoms with Crippen molar-refractivity contribution >= 4 is 12.0 Å². The maximum absolute atomic E-state index is 12.5. The van der Waals surface area contributed by atoms with Crippen LogP contribution in [0.15, 0.2) is 48.5 Å². The quantitative estimate of drug-likeness (QED) is 0.568. The number of halogens is 2. The Morgan fingerprint density at radius 3 is 2.52 bits per heavy atom. The van der Waals surface area contributed by atoms with E-state index >= 15 is 0 Å². The molecular formula is C25H30F2N2O4. The largest absolute Gasteiger partial charge is 0.493 e. The molecule has 2 aromatic rings. The molecule has 0 saturated carbocycles. The molecule has 0 radical (unpaired) electrons. The summed E-state index contributed by atoms with van der Waals surface area (Å²) in [6, 6.07) is 12.5. The molecule has 0 spiro atoms. The maximum atomic E-state index is 12.5. The number of carbonyl (C=O) groups is 1. The number of hydrogen-bond acceptors (Lipinski definition) is 5. The second kappa shape index (κ2) is 11.8. The average Bonchev–Trinajstić information content (AvgIpc) is 2.76. The van der Waals surface area contributed by atoms with Crippen LogP contribution in [0.3, 0.4) is 0 Å². The summed E-state index contributed by atoms with van der Waals surface area (Å²) in [6.45, 7) is 4.17. The number of nitrogens with zero attached hydrogens (tertiary/aromatic N) is 1. The summed E-state index contributed by atoms with van der Waals surface area (Å²) in [6.07, 6.45) is 3.38. The van der Waals surface area contributed by atoms with Crippen molar-refractivity contribution in [2.75, 3.05) is 20.2 Å². The van der Waals surface area contributed by atoms with Crippen molar-refractivity contribution in [2.45, 2.75) is 45.8 Å². The summed E-state index contributed by atoms with van der Waals surface area (Å²) >= 11 is 0. The van der Waals surface area contributed by atoms with Gasteiger partial charge in [-0.25, -0.2) is 0 Å². The summed E-state index contributed by atoms with van der Waals surface area (Å²) in [5.74, 6) is -0.154. The Balaban J connectivity index is 1.58. The van der Waals surface area contributed by atoms with E-state index in [2.05, 4.69) is 34.9 Å². The van der Waals surface area contributed by atoms with Crippen molar-refractivity contribution in [2.24, 2.45) is 0 Å². The number of morpholine rings is 1. The van der Waals surface area contributed by atoms with E-state index in [9.17, 15) is 13.6 Å². The fourth-order valence-electron chi connectivity index (χ4n) is 3.93. The number of alkyl halides is 2. The van der Waals surface area contributed by atoms with Gasteiger partial charge in [-0.05, 0) is 48.7 Å². The minimum absolute atomic E-state index is 0.0604. The van der Waals surface area contributed by atoms with Gasteiger partial charge in [0, 0.05) is 32.3 Å². The Bertz CT molecular complexity index is 957. The molecule has 2 atom stereocenters. The van der Waals surface area contributed by atoms with Gasteiger partial charge in [0.15, 0.2) is 11.5 Å². The Morgan fingerprint density at radius 1 is 1.15 bits per heavy atom. The third-order valence-corrected chi connectivity index (χ3v) is 5.29. The highest BCUT2D eigenvalue weighted by atomic mass is 19.3. The van der Waals surface area contributed by atoms with Crippen molar-refractivity contribution < 1.29 is 27.8 Å². The SMILES string of the molecule is COc1cc(/C=C/C(=O)NCc2ccccc2CN2CC(C)OC(C)C2)ccc1OC(F)F. The van der Waals surface area contributed by atoms with E-state index in [-0.39, 0.29) is 29.6 Å². The predicted molar refractivity (Wildman–Crippen MR) is 122 cm³/mol. The highest BCUT2D eigenvalue weighted by Gasteiger charge is 2.22. The van der Waals surface area contributed by atoms with Gasteiger partial charge in [-0.2, -0.15) is 8.78 Å². The number of nitrogens with one attached hydrogen (secondary N) is 1. The zero-order valence-corrected chi connectivity index (χ0v) is 19.1. The van der Waals surface area contributed by atoms with Crippen LogP contribution in [0.1, 0.15) is 30.5 Å². The molecule has 0 aliphatic carbocycles. The molecule has 1 N–H and O–H groups in total. The van der Waals surface area contributed by atoms with Crippen molar-refractivity contribution in [3.8, 4) is 11.5 Å². The Morgan fingerprint density at radius 2 is 1.85 bits per heavy atom. The van der Waals surface area contributed by atoms with Crippen LogP contribution in [0, 0.1) is 0 Å². The van der Waals surface area contributed by atoms with E-state index in [1.165, 1.54) is 30.9 Å². The van der Waals surface area contributed by atoms with Crippen molar-refractivity contribution in [3.63, 3.8) is 0 Å². The number of methoxy groups -OCH3 is 1. The second-order valence-corrected chi connectivity index (χ2v) is 8.06. The summed E-state index contributed by atoms with van der Waals surface area (Å²) in [4.78, 5) is 14.7. The number of rotatable bonds is 9. The number of benzene rings is 2. The molecule has 6 nitrogen and oxygen atoms in total. The lowest BCUT2D eigenvalue weighted by Gasteiger charge is -2.35. The summed E-state index contributed by atoms with van der Waals surface area (Å²) in [5.41, 5.74) is 2.85. The van der Waals surface area contributed by atoms with Crippen LogP contribution in [0.5, 0.6) is 11.5 Å². The van der Waals surface area contributed by atoms with Gasteiger partial charge in [0.2, 0.25) is 5.91 Å². The first kappa shape index (κ1) is 24.7. The first-order valence-electron chi connectivity index (χ1n) is 10.9. The molecule has 1 aliphatic heterocycles. The van der Waals surface area contributed by atoms with Crippen LogP contribution in [0.25, 0.3) is 6.08 Å². The summed E-state index contributed by atoms with van der Waals surface area (Å²) in [5, 5.41) is 2.91. The fraction of sp³-hybridized carbons (Fsp3) is 0.400. The van der Waals surface area contributed by atoms with Crippen molar-refractivity contribution in [3.05, 3.63) is 65.2 Å². The van der Waals surface area contributed by atoms with Crippen LogP contribution in [0.2, 0.25) is 0 Å². The van der Waals surface area contributed by atoms with Gasteiger partial charge >= 0.3 is 6.61 Å². The van der Waals surface area contributed by atoms with Gasteiger partial charge in [-0.15, -0.1) is 0 Å². The molecule has 0 bridgehead atoms. The van der Waals surface area contributed by atoms with Gasteiger partial charge < -0.3 is 19.5 Å². The second-order valence-electron chi connectivity index (χ2n) is 8.06. The lowest BCUT2D eigenvalue weighted by Crippen LogP contribution is -2.45. The lowest BCUT2D eigenvalue weighted by atomic mass is 10.1. The predicted octanol–water partition coefficient (Wildman–Crippen LogP) is 4.24. The Hall–Kier alpha value is -2.97. The first-order chi connectivity index (χ1) is 15.8. The normalized spacial score (nSPS) is 19.1. The van der Waals surface area contributed by atoms with Crippen molar-refractivity contribution in [1.82, 2.24) is 10.2 Å². The van der Waals surface area contributed by atoms with E-state index < -0.39 is 6.61 Å². The average molecular weight is 461 g/mol. The van der Waals surface area contributed by atoms with E-state index in [0.717, 1.165) is 25.2 Å². The van der Waals surface area contributed by atoms with Gasteiger partial charge in [0.1, 0.15) is 0 Å². The molecular weight excluding hydrogens is 430 g/mol. The molecule has 3 rings (SSSR count). The molecule has 1 amide bonds. The molecule has 2 aromatic carbocycles. The molecule has 178 valence electrons. The molecule has 33 heavy (non-hydrogen) atoms. The minimum Gasteiger partial charge on any atom is -0.493 e. The van der Waals surface area contributed by atoms with Gasteiger partial charge in [-0.3, -0.25) is 9.69 Å². The molecule has 1 aliphatic rings. The molecule has 8 heteroatoms. The van der Waals surface area contributed by atoms with Crippen LogP contribution < -0.4 is 14.8 Å². The molecule has 1 heterocycles. The van der Waals surface area contributed by atoms with Crippen LogP contribution >= 0.6 is 0 Å². The summed E-state index contributed by atoms with van der Waals surface area (Å²) in [7, 11) is 1.36. The van der Waals surface area contributed by atoms with Crippen LogP contribution in [0.4, 0.5) is 8.78 Å². The summed E-state index contributed by atoms with van der Waals surface area (Å²) < 4.78 is 40.2. The van der Waals surface area contributed by atoms with Crippen molar-refractivity contribution in [1.29, 1.82) is 0 Å². The smallest absolute Gasteiger partial charge is 0.387 e. The zero-order chi connectivity index (χ0) is 23.8. The Labute approximate surface area is 193 Å². The van der Waals surface area contributed by atoms with E-state index in [1.54, 1.807) is 12.1 Å². The van der Waals surface area contributed by atoms with Gasteiger partial charge in [0.05, 0.1) is 19.3 Å². The molecule has 2 unspecified atom stereocenters. The topological polar surface area (TPSA) is 60.0 Å². The number of hydrogen-bond donors (Lipinski definition) is 1. The number of amides is 1. The molecule has 1 saturated heterocycles. The third-order valence-electron chi connectivity index (χ3n) is 5.29. The minimum atomic E-state index is -2.94. The standard InChI is InChI=1S/C25H30F2N2O4/c1-17-14-29(15-18(2)32-17)16-21-7-5-4-6-20(21)13-28-24(30)11-9-19-8-10-22(33-25(26)27)23(12-19)31-3/h4-12,17-18,25H,13-16H2,1-3H3,(H,28,30)/b11-9+. The lowest BCUT2D eigenvalue weighted by molar-refractivity contribution is -0.116. The highest BCUT2D eigenvalue weighted by molar-refractivity contribution is 5.91. The maximum Gasteiger partial charge on any atom is 0.387 e. The van der Waals surface area contributed by atoms with Gasteiger partial charge in [-0.1, -0.05) is 30.3 Å². The fourth-order valence-corrected chi connectivity index (χ4v) is 3.93. The van der Waals surface area contributed by atoms with E-state index in [0.29, 0.717) is 12.1 Å². The monoisotopic (exact) mass is 460 g/mol. The first-order valence-corrected chi connectivity index (χ1v) is 10.9. The van der Waals surface area contributed by atoms with E-state index in [1.807, 2.05) is 18.2 Å². The number of carbonyl (C=O) groups excluding carboxylic acids is 1. The third kappa shape index (κ3) is 7.54. The molecule has 1 fully saturated rings. The molecule has 0 aromatic heterocycles. The van der Waals surface area contributed by atoms with E-state index in [4.69, 9.17) is 9.47 Å². The van der Waals surface area contributed by atoms with Crippen LogP contribution in [-0.4, -0.2) is 49.8 Å². The van der Waals surface area contributed by atoms with Crippen LogP contribution in [-0.2, 0) is 22.6 Å².